The van der Waals surface area contributed by atoms with Gasteiger partial charge in [0.2, 0.25) is 10.6 Å². The van der Waals surface area contributed by atoms with Crippen LogP contribution in [0.15, 0.2) is 52.2 Å². The molecular formula is C15H15N5OS. The minimum Gasteiger partial charge on any atom is -0.461 e. The summed E-state index contributed by atoms with van der Waals surface area (Å²) in [5.41, 5.74) is 2.10. The lowest BCUT2D eigenvalue weighted by molar-refractivity contribution is 0.573. The van der Waals surface area contributed by atoms with Crippen LogP contribution in [-0.2, 0) is 0 Å². The van der Waals surface area contributed by atoms with Crippen LogP contribution in [0, 0.1) is 4.77 Å². The van der Waals surface area contributed by atoms with Crippen molar-refractivity contribution in [2.24, 2.45) is 5.10 Å². The zero-order valence-corrected chi connectivity index (χ0v) is 13.0. The molecule has 0 bridgehead atoms. The van der Waals surface area contributed by atoms with Crippen molar-refractivity contribution in [1.29, 1.82) is 0 Å². The van der Waals surface area contributed by atoms with Crippen molar-refractivity contribution in [3.8, 4) is 11.6 Å². The topological polar surface area (TPSA) is 62.4 Å². The maximum Gasteiger partial charge on any atom is 0.219 e. The van der Waals surface area contributed by atoms with E-state index in [-0.39, 0.29) is 0 Å². The molecule has 0 aliphatic heterocycles. The number of nitrogens with zero attached hydrogens (tertiary/aromatic N) is 4. The van der Waals surface area contributed by atoms with Crippen LogP contribution in [0.4, 0.5) is 5.69 Å². The first-order valence-electron chi connectivity index (χ1n) is 6.68. The fourth-order valence-electron chi connectivity index (χ4n) is 1.95. The molecule has 0 radical (unpaired) electrons. The molecular weight excluding hydrogens is 298 g/mol. The van der Waals surface area contributed by atoms with Gasteiger partial charge < -0.3 is 9.32 Å². The first kappa shape index (κ1) is 14.3. The van der Waals surface area contributed by atoms with Crippen molar-refractivity contribution in [2.75, 3.05) is 19.0 Å². The third-order valence-corrected chi connectivity index (χ3v) is 3.39. The molecule has 6 nitrogen and oxygen atoms in total. The van der Waals surface area contributed by atoms with Crippen LogP contribution in [0.25, 0.3) is 11.6 Å². The Kier molecular flexibility index (Phi) is 3.88. The summed E-state index contributed by atoms with van der Waals surface area (Å²) in [6.45, 7) is 0. The van der Waals surface area contributed by atoms with E-state index in [4.69, 9.17) is 16.6 Å². The largest absolute Gasteiger partial charge is 0.461 e. The summed E-state index contributed by atoms with van der Waals surface area (Å²) in [6.07, 6.45) is 3.32. The molecule has 2 aromatic heterocycles. The minimum absolute atomic E-state index is 0.410. The van der Waals surface area contributed by atoms with E-state index >= 15 is 0 Å². The van der Waals surface area contributed by atoms with Gasteiger partial charge in [-0.1, -0.05) is 12.1 Å². The molecule has 7 heteroatoms. The summed E-state index contributed by atoms with van der Waals surface area (Å²) < 4.78 is 7.28. The van der Waals surface area contributed by atoms with Crippen LogP contribution < -0.4 is 4.90 Å². The molecule has 2 heterocycles. The van der Waals surface area contributed by atoms with Gasteiger partial charge in [0.25, 0.3) is 0 Å². The summed E-state index contributed by atoms with van der Waals surface area (Å²) in [5, 5.41) is 11.2. The highest BCUT2D eigenvalue weighted by Gasteiger charge is 2.10. The molecule has 1 aromatic carbocycles. The summed E-state index contributed by atoms with van der Waals surface area (Å²) >= 11 is 5.20. The molecule has 0 aliphatic rings. The Morgan fingerprint density at radius 2 is 2.05 bits per heavy atom. The van der Waals surface area contributed by atoms with E-state index in [2.05, 4.69) is 15.3 Å². The fourth-order valence-corrected chi connectivity index (χ4v) is 2.13. The van der Waals surface area contributed by atoms with Gasteiger partial charge in [-0.2, -0.15) is 9.78 Å². The molecule has 0 atom stereocenters. The third-order valence-electron chi connectivity index (χ3n) is 3.12. The predicted octanol–water partition coefficient (Wildman–Crippen LogP) is 3.15. The molecule has 0 saturated heterocycles. The van der Waals surface area contributed by atoms with Crippen LogP contribution in [0.1, 0.15) is 5.56 Å². The van der Waals surface area contributed by atoms with Crippen LogP contribution >= 0.6 is 12.2 Å². The van der Waals surface area contributed by atoms with Gasteiger partial charge in [0.15, 0.2) is 5.76 Å². The Morgan fingerprint density at radius 3 is 2.68 bits per heavy atom. The molecule has 1 N–H and O–H groups in total. The molecule has 0 unspecified atom stereocenters. The molecule has 0 spiro atoms. The Labute approximate surface area is 132 Å². The van der Waals surface area contributed by atoms with Gasteiger partial charge in [-0.15, -0.1) is 5.10 Å². The Bertz CT molecular complexity index is 828. The summed E-state index contributed by atoms with van der Waals surface area (Å²) in [7, 11) is 4.01. The van der Waals surface area contributed by atoms with Gasteiger partial charge >= 0.3 is 0 Å². The molecule has 3 aromatic rings. The maximum atomic E-state index is 5.34. The zero-order chi connectivity index (χ0) is 15.5. The van der Waals surface area contributed by atoms with Crippen LogP contribution in [0.3, 0.4) is 0 Å². The molecule has 0 aliphatic carbocycles. The maximum absolute atomic E-state index is 5.34. The Morgan fingerprint density at radius 1 is 1.27 bits per heavy atom. The number of aromatic amines is 1. The normalized spacial score (nSPS) is 11.2. The van der Waals surface area contributed by atoms with Crippen molar-refractivity contribution in [2.45, 2.75) is 0 Å². The number of hydrogen-bond acceptors (Lipinski definition) is 5. The van der Waals surface area contributed by atoms with Gasteiger partial charge in [0.05, 0.1) is 12.5 Å². The lowest BCUT2D eigenvalue weighted by atomic mass is 10.2. The average molecular weight is 313 g/mol. The highest BCUT2D eigenvalue weighted by Crippen LogP contribution is 2.17. The first-order chi connectivity index (χ1) is 10.6. The number of nitrogens with one attached hydrogen (secondary N) is 1. The Balaban J connectivity index is 1.90. The van der Waals surface area contributed by atoms with E-state index < -0.39 is 0 Å². The van der Waals surface area contributed by atoms with Gasteiger partial charge in [-0.05, 0) is 42.0 Å². The fraction of sp³-hybridized carbons (Fsp3) is 0.133. The van der Waals surface area contributed by atoms with Gasteiger partial charge in [0.1, 0.15) is 0 Å². The van der Waals surface area contributed by atoms with Gasteiger partial charge in [0, 0.05) is 19.8 Å². The molecule has 3 rings (SSSR count). The molecule has 0 saturated carbocycles. The summed E-state index contributed by atoms with van der Waals surface area (Å²) in [5.74, 6) is 1.14. The van der Waals surface area contributed by atoms with E-state index in [1.54, 1.807) is 18.5 Å². The standard InChI is InChI=1S/C15H15N5OS/c1-19(2)12-7-5-11(6-8-12)10-16-20-14(17-18-15(20)22)13-4-3-9-21-13/h3-10H,1-2H3,(H,18,22)/b16-10-. The third kappa shape index (κ3) is 2.84. The summed E-state index contributed by atoms with van der Waals surface area (Å²) in [6, 6.07) is 11.7. The molecule has 22 heavy (non-hydrogen) atoms. The van der Waals surface area contributed by atoms with E-state index in [1.165, 1.54) is 4.68 Å². The number of hydrogen-bond donors (Lipinski definition) is 1. The van der Waals surface area contributed by atoms with E-state index in [9.17, 15) is 0 Å². The quantitative estimate of drug-likeness (QED) is 0.594. The Hall–Kier alpha value is -2.67. The number of rotatable bonds is 4. The average Bonchev–Trinajstić information content (AvgIpc) is 3.15. The first-order valence-corrected chi connectivity index (χ1v) is 7.09. The van der Waals surface area contributed by atoms with Crippen LogP contribution in [0.5, 0.6) is 0 Å². The van der Waals surface area contributed by atoms with Crippen molar-refractivity contribution in [3.05, 3.63) is 53.0 Å². The van der Waals surface area contributed by atoms with Crippen LogP contribution in [-0.4, -0.2) is 35.2 Å². The second-order valence-electron chi connectivity index (χ2n) is 4.87. The molecule has 112 valence electrons. The number of H-pyrrole nitrogens is 1. The highest BCUT2D eigenvalue weighted by molar-refractivity contribution is 7.71. The smallest absolute Gasteiger partial charge is 0.219 e. The zero-order valence-electron chi connectivity index (χ0n) is 12.2. The summed E-state index contributed by atoms with van der Waals surface area (Å²) in [4.78, 5) is 2.04. The lowest BCUT2D eigenvalue weighted by Gasteiger charge is -2.11. The van der Waals surface area contributed by atoms with Gasteiger partial charge in [-0.3, -0.25) is 0 Å². The van der Waals surface area contributed by atoms with Gasteiger partial charge in [-0.25, -0.2) is 5.10 Å². The van der Waals surface area contributed by atoms with E-state index in [0.29, 0.717) is 16.4 Å². The number of aromatic nitrogens is 3. The molecule has 0 fully saturated rings. The van der Waals surface area contributed by atoms with Crippen LogP contribution in [0.2, 0.25) is 0 Å². The number of benzene rings is 1. The second-order valence-corrected chi connectivity index (χ2v) is 5.26. The molecule has 0 amide bonds. The van der Waals surface area contributed by atoms with E-state index in [1.807, 2.05) is 49.3 Å². The lowest BCUT2D eigenvalue weighted by Crippen LogP contribution is -2.08. The minimum atomic E-state index is 0.410. The predicted molar refractivity (Wildman–Crippen MR) is 88.9 cm³/mol. The van der Waals surface area contributed by atoms with Crippen molar-refractivity contribution >= 4 is 24.1 Å². The number of anilines is 1. The van der Waals surface area contributed by atoms with Crippen molar-refractivity contribution < 1.29 is 4.42 Å². The van der Waals surface area contributed by atoms with Crippen molar-refractivity contribution in [1.82, 2.24) is 14.9 Å². The second kappa shape index (κ2) is 5.98. The monoisotopic (exact) mass is 313 g/mol. The van der Waals surface area contributed by atoms with Crippen molar-refractivity contribution in [3.63, 3.8) is 0 Å². The highest BCUT2D eigenvalue weighted by atomic mass is 32.1. The van der Waals surface area contributed by atoms with E-state index in [0.717, 1.165) is 11.3 Å². The SMILES string of the molecule is CN(C)c1ccc(/C=N\n2c(-c3ccco3)n[nH]c2=S)cc1. The number of furan rings is 1.